The number of nitrogens with one attached hydrogen (secondary N) is 1. The average molecular weight is 654 g/mol. The molecule has 0 spiro atoms. The van der Waals surface area contributed by atoms with Gasteiger partial charge in [-0.3, -0.25) is 4.90 Å². The van der Waals surface area contributed by atoms with E-state index in [0.717, 1.165) is 49.6 Å². The summed E-state index contributed by atoms with van der Waals surface area (Å²) in [7, 11) is -4.83. The minimum atomic E-state index is -4.83. The highest BCUT2D eigenvalue weighted by atomic mass is 79.9. The van der Waals surface area contributed by atoms with E-state index in [9.17, 15) is 17.6 Å². The first-order valence-corrected chi connectivity index (χ1v) is 15.5. The zero-order chi connectivity index (χ0) is 29.5. The number of benzene rings is 2. The van der Waals surface area contributed by atoms with Gasteiger partial charge in [-0.05, 0) is 86.1 Å². The molecule has 0 unspecified atom stereocenters. The molecule has 1 N–H and O–H groups in total. The van der Waals surface area contributed by atoms with Crippen molar-refractivity contribution in [2.24, 2.45) is 0 Å². The van der Waals surface area contributed by atoms with Crippen molar-refractivity contribution < 1.29 is 31.3 Å². The number of anilines is 2. The van der Waals surface area contributed by atoms with Crippen LogP contribution in [-0.2, 0) is 27.8 Å². The van der Waals surface area contributed by atoms with Crippen LogP contribution in [-0.4, -0.2) is 42.3 Å². The van der Waals surface area contributed by atoms with Gasteiger partial charge in [0, 0.05) is 36.8 Å². The van der Waals surface area contributed by atoms with Crippen LogP contribution >= 0.6 is 15.9 Å². The number of sulfonamides is 1. The predicted octanol–water partition coefficient (Wildman–Crippen LogP) is 6.58. The van der Waals surface area contributed by atoms with Gasteiger partial charge < -0.3 is 14.6 Å². The second-order valence-electron chi connectivity index (χ2n) is 11.2. The van der Waals surface area contributed by atoms with Crippen molar-refractivity contribution >= 4 is 43.6 Å². The van der Waals surface area contributed by atoms with Crippen molar-refractivity contribution in [1.82, 2.24) is 10.1 Å². The average Bonchev–Trinajstić information content (AvgIpc) is 3.63. The standard InChI is InChI=1S/C28H31BrF2N4O5S/c1-28(2,3)40-27(36)35(24-13-14-39-33-24)41(37,38)23-12-11-22(25(29)26(23)31)32-15-20-17(5-4-6-21(20)30)16-34-18-7-8-19(34)10-9-18/h4-6,11-14,18-19,32H,7-10,15-16H2,1-3H3. The van der Waals surface area contributed by atoms with Crippen molar-refractivity contribution in [3.8, 4) is 0 Å². The van der Waals surface area contributed by atoms with Crippen molar-refractivity contribution in [2.75, 3.05) is 9.62 Å². The SMILES string of the molecule is CC(C)(C)OC(=O)N(c1ccon1)S(=O)(=O)c1ccc(NCc2c(F)cccc2CN2C3CCC2CC3)c(Br)c1F. The highest BCUT2D eigenvalue weighted by Gasteiger charge is 2.40. The summed E-state index contributed by atoms with van der Waals surface area (Å²) in [6.45, 7) is 5.38. The lowest BCUT2D eigenvalue weighted by molar-refractivity contribution is 0.0607. The number of hydrogen-bond acceptors (Lipinski definition) is 8. The molecule has 9 nitrogen and oxygen atoms in total. The summed E-state index contributed by atoms with van der Waals surface area (Å²) in [5, 5.41) is 6.57. The second-order valence-corrected chi connectivity index (χ2v) is 13.8. The van der Waals surface area contributed by atoms with E-state index >= 15 is 4.39 Å². The van der Waals surface area contributed by atoms with Gasteiger partial charge in [0.25, 0.3) is 10.0 Å². The number of rotatable bonds is 8. The van der Waals surface area contributed by atoms with E-state index in [1.54, 1.807) is 26.8 Å². The minimum absolute atomic E-state index is 0.0539. The molecule has 2 aliphatic heterocycles. The van der Waals surface area contributed by atoms with Crippen LogP contribution in [0.25, 0.3) is 0 Å². The molecule has 2 fully saturated rings. The summed E-state index contributed by atoms with van der Waals surface area (Å²) in [5.74, 6) is -1.91. The second kappa shape index (κ2) is 11.3. The maximum Gasteiger partial charge on any atom is 0.430 e. The third kappa shape index (κ3) is 5.98. The van der Waals surface area contributed by atoms with Gasteiger partial charge in [0.15, 0.2) is 11.6 Å². The Morgan fingerprint density at radius 1 is 1.15 bits per heavy atom. The number of carbonyl (C=O) groups is 1. The number of amides is 1. The lowest BCUT2D eigenvalue weighted by Crippen LogP contribution is -2.41. The van der Waals surface area contributed by atoms with Crippen LogP contribution in [0.15, 0.2) is 56.6 Å². The molecule has 41 heavy (non-hydrogen) atoms. The third-order valence-corrected chi connectivity index (χ3v) is 9.85. The van der Waals surface area contributed by atoms with E-state index < -0.39 is 38.2 Å². The number of aromatic nitrogens is 1. The molecule has 1 aromatic heterocycles. The highest BCUT2D eigenvalue weighted by Crippen LogP contribution is 2.39. The molecule has 1 amide bonds. The van der Waals surface area contributed by atoms with Crippen molar-refractivity contribution in [3.63, 3.8) is 0 Å². The molecule has 2 bridgehead atoms. The smallest absolute Gasteiger partial charge is 0.430 e. The fourth-order valence-electron chi connectivity index (χ4n) is 5.50. The molecule has 2 aromatic carbocycles. The third-order valence-electron chi connectivity index (χ3n) is 7.39. The van der Waals surface area contributed by atoms with Crippen LogP contribution < -0.4 is 9.62 Å². The summed E-state index contributed by atoms with van der Waals surface area (Å²) < 4.78 is 67.7. The Bertz CT molecular complexity index is 1530. The molecule has 13 heteroatoms. The number of ether oxygens (including phenoxy) is 1. The van der Waals surface area contributed by atoms with E-state index in [2.05, 4.69) is 31.3 Å². The molecule has 3 heterocycles. The van der Waals surface area contributed by atoms with Gasteiger partial charge in [-0.2, -0.15) is 0 Å². The van der Waals surface area contributed by atoms with Gasteiger partial charge in [-0.25, -0.2) is 22.0 Å². The lowest BCUT2D eigenvalue weighted by Gasteiger charge is -2.25. The number of nitrogens with zero attached hydrogens (tertiary/aromatic N) is 3. The monoisotopic (exact) mass is 652 g/mol. The molecule has 3 aromatic rings. The Kier molecular flexibility index (Phi) is 8.14. The molecule has 2 aliphatic rings. The number of halogens is 3. The molecule has 220 valence electrons. The van der Waals surface area contributed by atoms with Gasteiger partial charge >= 0.3 is 6.09 Å². The Morgan fingerprint density at radius 3 is 2.44 bits per heavy atom. The zero-order valence-electron chi connectivity index (χ0n) is 22.9. The van der Waals surface area contributed by atoms with Gasteiger partial charge in [0.2, 0.25) is 0 Å². The van der Waals surface area contributed by atoms with E-state index in [4.69, 9.17) is 9.26 Å². The summed E-state index contributed by atoms with van der Waals surface area (Å²) in [4.78, 5) is 14.5. The van der Waals surface area contributed by atoms with Gasteiger partial charge in [-0.1, -0.05) is 17.3 Å². The molecule has 2 saturated heterocycles. The zero-order valence-corrected chi connectivity index (χ0v) is 25.3. The first-order valence-electron chi connectivity index (χ1n) is 13.3. The van der Waals surface area contributed by atoms with Gasteiger partial charge in [0.05, 0.1) is 10.2 Å². The number of carbonyl (C=O) groups excluding carboxylic acids is 1. The number of fused-ring (bicyclic) bond motifs is 2. The van der Waals surface area contributed by atoms with Gasteiger partial charge in [-0.15, -0.1) is 4.31 Å². The Morgan fingerprint density at radius 2 is 1.83 bits per heavy atom. The van der Waals surface area contributed by atoms with Gasteiger partial charge in [0.1, 0.15) is 22.6 Å². The highest BCUT2D eigenvalue weighted by molar-refractivity contribution is 9.10. The van der Waals surface area contributed by atoms with Crippen LogP contribution in [0.2, 0.25) is 0 Å². The van der Waals surface area contributed by atoms with E-state index in [1.165, 1.54) is 12.1 Å². The van der Waals surface area contributed by atoms with E-state index in [0.29, 0.717) is 24.2 Å². The van der Waals surface area contributed by atoms with Crippen molar-refractivity contribution in [2.45, 2.75) is 82.1 Å². The first-order chi connectivity index (χ1) is 19.4. The normalized spacial score (nSPS) is 19.0. The summed E-state index contributed by atoms with van der Waals surface area (Å²) in [5.41, 5.74) is 0.487. The van der Waals surface area contributed by atoms with Crippen LogP contribution in [0.5, 0.6) is 0 Å². The van der Waals surface area contributed by atoms with Crippen molar-refractivity contribution in [1.29, 1.82) is 0 Å². The fourth-order valence-corrected chi connectivity index (χ4v) is 7.46. The lowest BCUT2D eigenvalue weighted by atomic mass is 10.0. The summed E-state index contributed by atoms with van der Waals surface area (Å²) >= 11 is 3.14. The molecule has 5 rings (SSSR count). The van der Waals surface area contributed by atoms with E-state index in [1.807, 2.05) is 6.07 Å². The van der Waals surface area contributed by atoms with E-state index in [-0.39, 0.29) is 26.8 Å². The molecular formula is C28H31BrF2N4O5S. The maximum absolute atomic E-state index is 15.6. The molecule has 0 saturated carbocycles. The number of hydrogen-bond donors (Lipinski definition) is 1. The Balaban J connectivity index is 1.40. The first kappa shape index (κ1) is 29.5. The topological polar surface area (TPSA) is 105 Å². The van der Waals surface area contributed by atoms with Crippen molar-refractivity contribution in [3.05, 3.63) is 69.9 Å². The van der Waals surface area contributed by atoms with Crippen LogP contribution in [0.3, 0.4) is 0 Å². The van der Waals surface area contributed by atoms with Crippen LogP contribution in [0, 0.1) is 11.6 Å². The summed E-state index contributed by atoms with van der Waals surface area (Å²) in [6.07, 6.45) is 4.46. The Hall–Kier alpha value is -3.03. The molecule has 0 aliphatic carbocycles. The largest absolute Gasteiger partial charge is 0.443 e. The fraction of sp³-hybridized carbons (Fsp3) is 0.429. The van der Waals surface area contributed by atoms with Crippen LogP contribution in [0.1, 0.15) is 57.6 Å². The quantitative estimate of drug-likeness (QED) is 0.291. The van der Waals surface area contributed by atoms with Crippen LogP contribution in [0.4, 0.5) is 25.1 Å². The predicted molar refractivity (Wildman–Crippen MR) is 152 cm³/mol. The minimum Gasteiger partial charge on any atom is -0.443 e. The maximum atomic E-state index is 15.6. The summed E-state index contributed by atoms with van der Waals surface area (Å²) in [6, 6.07) is 9.55. The molecule has 0 atom stereocenters. The molecule has 0 radical (unpaired) electrons. The Labute approximate surface area is 246 Å². The molecular weight excluding hydrogens is 622 g/mol.